The maximum absolute atomic E-state index is 7.32. The number of allylic oxidation sites excluding steroid dienone is 5. The molecule has 2 unspecified atom stereocenters. The van der Waals surface area contributed by atoms with Crippen molar-refractivity contribution >= 4 is 55.2 Å². The number of anilines is 2. The third-order valence-corrected chi connectivity index (χ3v) is 13.2. The molecule has 12 rings (SSSR count). The Labute approximate surface area is 338 Å². The first-order valence-electron chi connectivity index (χ1n) is 20.5. The Kier molecular flexibility index (Phi) is 7.23. The van der Waals surface area contributed by atoms with Gasteiger partial charge in [0.1, 0.15) is 29.1 Å². The number of benzene rings is 7. The summed E-state index contributed by atoms with van der Waals surface area (Å²) in [5.41, 5.74) is 17.1. The van der Waals surface area contributed by atoms with Gasteiger partial charge >= 0.3 is 0 Å². The highest BCUT2D eigenvalue weighted by Crippen LogP contribution is 2.55. The largest absolute Gasteiger partial charge is 0.482 e. The quantitative estimate of drug-likeness (QED) is 0.175. The number of hydrogen-bond donors (Lipinski definition) is 0. The molecule has 8 aromatic rings. The highest BCUT2D eigenvalue weighted by atomic mass is 16.5. The van der Waals surface area contributed by atoms with Crippen molar-refractivity contribution in [3.63, 3.8) is 0 Å². The van der Waals surface area contributed by atoms with E-state index in [1.165, 1.54) is 60.9 Å². The lowest BCUT2D eigenvalue weighted by Gasteiger charge is -2.41. The van der Waals surface area contributed by atoms with Crippen LogP contribution in [0.5, 0.6) is 5.75 Å². The van der Waals surface area contributed by atoms with E-state index in [1.54, 1.807) is 0 Å². The number of rotatable bonds is 5. The second kappa shape index (κ2) is 12.6. The molecule has 0 saturated heterocycles. The van der Waals surface area contributed by atoms with Crippen LogP contribution >= 0.6 is 0 Å². The maximum atomic E-state index is 7.32. The molecule has 2 heterocycles. The van der Waals surface area contributed by atoms with Crippen LogP contribution in [0.1, 0.15) is 43.4 Å². The monoisotopic (exact) mass is 747 g/mol. The molecule has 0 amide bonds. The second-order valence-corrected chi connectivity index (χ2v) is 16.7. The van der Waals surface area contributed by atoms with Gasteiger partial charge in [0.05, 0.1) is 0 Å². The summed E-state index contributed by atoms with van der Waals surface area (Å²) in [6.45, 7) is 4.79. The summed E-state index contributed by atoms with van der Waals surface area (Å²) in [5, 5.41) is 4.68. The number of furan rings is 1. The number of fused-ring (bicyclic) bond motifs is 10. The molecule has 3 heteroatoms. The summed E-state index contributed by atoms with van der Waals surface area (Å²) in [4.78, 5) is 2.56. The van der Waals surface area contributed by atoms with Crippen molar-refractivity contribution in [1.82, 2.24) is 0 Å². The Morgan fingerprint density at radius 2 is 1.33 bits per heavy atom. The molecule has 0 spiro atoms. The van der Waals surface area contributed by atoms with Crippen LogP contribution in [0.25, 0.3) is 55.0 Å². The fraction of sp³-hybridized carbons (Fsp3) is 0.127. The van der Waals surface area contributed by atoms with E-state index in [2.05, 4.69) is 189 Å². The van der Waals surface area contributed by atoms with Gasteiger partial charge in [-0.3, -0.25) is 0 Å². The van der Waals surface area contributed by atoms with Crippen molar-refractivity contribution in [2.75, 3.05) is 4.90 Å². The summed E-state index contributed by atoms with van der Waals surface area (Å²) in [6, 6.07) is 56.8. The fourth-order valence-electron chi connectivity index (χ4n) is 10.4. The molecular formula is C55H41NO2. The van der Waals surface area contributed by atoms with E-state index in [0.717, 1.165) is 57.5 Å². The zero-order valence-corrected chi connectivity index (χ0v) is 32.6. The number of ether oxygens (including phenoxy) is 1. The molecule has 7 aromatic carbocycles. The third-order valence-electron chi connectivity index (χ3n) is 13.2. The van der Waals surface area contributed by atoms with Gasteiger partial charge in [-0.05, 0) is 111 Å². The molecule has 0 saturated carbocycles. The van der Waals surface area contributed by atoms with E-state index < -0.39 is 0 Å². The number of nitrogens with zero attached hydrogens (tertiary/aromatic N) is 1. The second-order valence-electron chi connectivity index (χ2n) is 16.7. The van der Waals surface area contributed by atoms with Gasteiger partial charge < -0.3 is 14.1 Å². The van der Waals surface area contributed by atoms with Gasteiger partial charge in [-0.15, -0.1) is 0 Å². The van der Waals surface area contributed by atoms with Gasteiger partial charge in [-0.1, -0.05) is 147 Å². The third kappa shape index (κ3) is 4.92. The molecule has 2 atom stereocenters. The molecule has 1 aliphatic heterocycles. The Morgan fingerprint density at radius 1 is 0.603 bits per heavy atom. The minimum absolute atomic E-state index is 0.0807. The highest BCUT2D eigenvalue weighted by molar-refractivity contribution is 6.13. The summed E-state index contributed by atoms with van der Waals surface area (Å²) in [6.07, 6.45) is 8.99. The fourth-order valence-corrected chi connectivity index (χ4v) is 10.4. The molecule has 0 N–H and O–H groups in total. The maximum Gasteiger partial charge on any atom is 0.149 e. The normalized spacial score (nSPS) is 18.9. The van der Waals surface area contributed by atoms with E-state index in [9.17, 15) is 0 Å². The molecule has 278 valence electrons. The van der Waals surface area contributed by atoms with Crippen molar-refractivity contribution in [3.8, 4) is 16.9 Å². The van der Waals surface area contributed by atoms with E-state index in [-0.39, 0.29) is 17.6 Å². The van der Waals surface area contributed by atoms with Crippen LogP contribution < -0.4 is 9.64 Å². The molecular weight excluding hydrogens is 707 g/mol. The first-order chi connectivity index (χ1) is 28.5. The van der Waals surface area contributed by atoms with E-state index in [4.69, 9.17) is 9.15 Å². The van der Waals surface area contributed by atoms with Gasteiger partial charge in [0.15, 0.2) is 0 Å². The van der Waals surface area contributed by atoms with Gasteiger partial charge in [-0.2, -0.15) is 0 Å². The molecule has 0 bridgehead atoms. The summed E-state index contributed by atoms with van der Waals surface area (Å²) in [5.74, 6) is 0.905. The predicted molar refractivity (Wildman–Crippen MR) is 240 cm³/mol. The number of para-hydroxylation sites is 1. The van der Waals surface area contributed by atoms with Gasteiger partial charge in [-0.25, -0.2) is 0 Å². The highest BCUT2D eigenvalue weighted by Gasteiger charge is 2.46. The van der Waals surface area contributed by atoms with E-state index >= 15 is 0 Å². The number of hydrogen-bond acceptors (Lipinski definition) is 3. The first kappa shape index (κ1) is 33.3. The Hall–Kier alpha value is -6.84. The van der Waals surface area contributed by atoms with Crippen molar-refractivity contribution < 1.29 is 9.15 Å². The van der Waals surface area contributed by atoms with Crippen molar-refractivity contribution in [2.24, 2.45) is 0 Å². The molecule has 58 heavy (non-hydrogen) atoms. The minimum Gasteiger partial charge on any atom is -0.482 e. The Balaban J connectivity index is 1.08. The van der Waals surface area contributed by atoms with Crippen LogP contribution in [-0.4, -0.2) is 12.1 Å². The van der Waals surface area contributed by atoms with Gasteiger partial charge in [0, 0.05) is 38.7 Å². The molecule has 4 aliphatic rings. The van der Waals surface area contributed by atoms with Crippen molar-refractivity contribution in [3.05, 3.63) is 209 Å². The topological polar surface area (TPSA) is 25.6 Å². The van der Waals surface area contributed by atoms with Crippen LogP contribution in [0.4, 0.5) is 11.4 Å². The lowest BCUT2D eigenvalue weighted by atomic mass is 9.75. The molecule has 0 fully saturated rings. The van der Waals surface area contributed by atoms with Gasteiger partial charge in [0.2, 0.25) is 0 Å². The van der Waals surface area contributed by atoms with Crippen molar-refractivity contribution in [2.45, 2.75) is 44.2 Å². The molecule has 3 aliphatic carbocycles. The van der Waals surface area contributed by atoms with Crippen LogP contribution in [0.3, 0.4) is 0 Å². The minimum atomic E-state index is -0.278. The Bertz CT molecular complexity index is 3120. The zero-order valence-electron chi connectivity index (χ0n) is 32.6. The summed E-state index contributed by atoms with van der Waals surface area (Å²) >= 11 is 0. The average molecular weight is 748 g/mol. The Morgan fingerprint density at radius 3 is 2.21 bits per heavy atom. The lowest BCUT2D eigenvalue weighted by molar-refractivity contribution is 0.254. The molecule has 3 nitrogen and oxygen atoms in total. The van der Waals surface area contributed by atoms with E-state index in [0.29, 0.717) is 0 Å². The predicted octanol–water partition coefficient (Wildman–Crippen LogP) is 14.2. The van der Waals surface area contributed by atoms with Crippen LogP contribution in [0.2, 0.25) is 0 Å². The molecule has 0 radical (unpaired) electrons. The summed E-state index contributed by atoms with van der Waals surface area (Å²) in [7, 11) is 0. The van der Waals surface area contributed by atoms with E-state index in [1.807, 2.05) is 6.07 Å². The standard InChI is InChI=1S/C55H41NO2/c1-55(2)46-18-10-8-16-42(46)43-27-23-38(33-47(43)55)41-28-29-45-52-50(31-30-49-51(52)44-17-9-11-19-48(44)57-49)58-54(45)53(41)56(40-26-22-35-14-6-7-15-37(35)32-40)39-24-20-36(21-25-39)34-12-4-3-5-13-34/h3-22,24-26,28-33,53-54H,23,27H2,1-2H3. The van der Waals surface area contributed by atoms with Crippen LogP contribution in [0.15, 0.2) is 197 Å². The first-order valence-corrected chi connectivity index (χ1v) is 20.5. The average Bonchev–Trinajstić information content (AvgIpc) is 3.92. The SMILES string of the molecule is CC1(C)C2=C(CCC(C3=CC=C4c5c(ccc6oc7ccccc7c56)OC4C3N(c3ccc(-c4ccccc4)cc3)c3ccc4ccccc4c3)=C2)c2ccccc21. The summed E-state index contributed by atoms with van der Waals surface area (Å²) < 4.78 is 13.8. The van der Waals surface area contributed by atoms with Crippen LogP contribution in [-0.2, 0) is 5.41 Å². The van der Waals surface area contributed by atoms with Gasteiger partial charge in [0.25, 0.3) is 0 Å². The van der Waals surface area contributed by atoms with Crippen LogP contribution in [0, 0.1) is 0 Å². The lowest BCUT2D eigenvalue weighted by Crippen LogP contribution is -2.46. The molecule has 1 aromatic heterocycles. The van der Waals surface area contributed by atoms with Crippen molar-refractivity contribution in [1.29, 1.82) is 0 Å². The zero-order chi connectivity index (χ0) is 38.5. The smallest absolute Gasteiger partial charge is 0.149 e.